The third-order valence-corrected chi connectivity index (χ3v) is 20.6. The van der Waals surface area contributed by atoms with E-state index in [4.69, 9.17) is 0 Å². The summed E-state index contributed by atoms with van der Waals surface area (Å²) in [7, 11) is 0. The lowest BCUT2D eigenvalue weighted by molar-refractivity contribution is 0.221. The van der Waals surface area contributed by atoms with Crippen molar-refractivity contribution in [3.8, 4) is 11.1 Å². The van der Waals surface area contributed by atoms with Gasteiger partial charge in [0, 0.05) is 39.5 Å². The van der Waals surface area contributed by atoms with Crippen molar-refractivity contribution < 1.29 is 0 Å². The average Bonchev–Trinajstić information content (AvgIpc) is 3.39. The molecule has 6 aromatic rings. The van der Waals surface area contributed by atoms with E-state index < -0.39 is 0 Å². The van der Waals surface area contributed by atoms with Gasteiger partial charge in [0.1, 0.15) is 0 Å². The van der Waals surface area contributed by atoms with E-state index in [-0.39, 0.29) is 16.2 Å². The van der Waals surface area contributed by atoms with Crippen molar-refractivity contribution >= 4 is 34.1 Å². The third-order valence-electron chi connectivity index (χ3n) is 20.6. The summed E-state index contributed by atoms with van der Waals surface area (Å²) in [5.74, 6) is 1.71. The summed E-state index contributed by atoms with van der Waals surface area (Å²) in [6.45, 7) is 30.9. The Balaban J connectivity index is 1.44. The summed E-state index contributed by atoms with van der Waals surface area (Å²) >= 11 is 0. The number of nitrogens with zero attached hydrogens (tertiary/aromatic N) is 2. The first kappa shape index (κ1) is 63.5. The van der Waals surface area contributed by atoms with Gasteiger partial charge in [-0.3, -0.25) is 0 Å². The molecule has 0 N–H and O–H groups in total. The SMILES string of the molecule is CCCCCCCCC1(CCCCCCCC)c2cc(N(c3ccc(C(C)CC)cc3)c3ccc(C(C)(CC)CCC)cc3)ccc2-c2ccc(N(c3ccc(C(C)CC)cc3)c3ccc(C(CC)(CCC)C(CC)CC)cc3)cc21. The van der Waals surface area contributed by atoms with Crippen LogP contribution < -0.4 is 9.80 Å². The van der Waals surface area contributed by atoms with Crippen LogP contribution >= 0.6 is 0 Å². The lowest BCUT2D eigenvalue weighted by Crippen LogP contribution is -2.34. The van der Waals surface area contributed by atoms with Crippen molar-refractivity contribution in [2.75, 3.05) is 9.80 Å². The van der Waals surface area contributed by atoms with Crippen molar-refractivity contribution in [2.24, 2.45) is 5.92 Å². The first-order valence-electron chi connectivity index (χ1n) is 33.7. The second kappa shape index (κ2) is 30.5. The Hall–Kier alpha value is -5.08. The smallest absolute Gasteiger partial charge is 0.0465 e. The molecular formula is C79H112N2. The van der Waals surface area contributed by atoms with Crippen LogP contribution in [0.25, 0.3) is 11.1 Å². The molecule has 438 valence electrons. The maximum Gasteiger partial charge on any atom is 0.0465 e. The number of rotatable bonds is 35. The molecule has 0 amide bonds. The summed E-state index contributed by atoms with van der Waals surface area (Å²) in [6, 6.07) is 54.2. The molecule has 0 bridgehead atoms. The van der Waals surface area contributed by atoms with Crippen molar-refractivity contribution in [1.29, 1.82) is 0 Å². The molecule has 0 fully saturated rings. The standard InChI is InChI=1S/C79H112N2/c1-14-24-26-28-30-32-56-79(57-33-31-29-27-25-15-2)75-58-71(80(67-42-34-62(35-43-67)60(11)18-5)69-46-38-65(39-47-69)77(13,22-9)54-16-3)50-52-73(75)74-53-51-72(59-76(74)79)81(68-44-36-63(37-45-68)61(12)19-6)70-48-40-66(41-49-70)78(23-10,55-17-4)64(20-7)21-8/h34-53,58-61,64H,14-33,54-57H2,1-13H3. The van der Waals surface area contributed by atoms with Gasteiger partial charge >= 0.3 is 0 Å². The van der Waals surface area contributed by atoms with Gasteiger partial charge in [0.2, 0.25) is 0 Å². The molecule has 0 spiro atoms. The molecule has 2 heteroatoms. The molecule has 4 unspecified atom stereocenters. The molecule has 7 rings (SSSR count). The predicted molar refractivity (Wildman–Crippen MR) is 359 cm³/mol. The van der Waals surface area contributed by atoms with Gasteiger partial charge in [-0.15, -0.1) is 0 Å². The second-order valence-electron chi connectivity index (χ2n) is 25.6. The zero-order valence-corrected chi connectivity index (χ0v) is 53.8. The van der Waals surface area contributed by atoms with E-state index in [1.807, 2.05) is 0 Å². The van der Waals surface area contributed by atoms with Gasteiger partial charge in [0.25, 0.3) is 0 Å². The van der Waals surface area contributed by atoms with Crippen molar-refractivity contribution in [3.05, 3.63) is 167 Å². The molecule has 1 aliphatic carbocycles. The highest BCUT2D eigenvalue weighted by molar-refractivity contribution is 5.89. The maximum atomic E-state index is 2.68. The summed E-state index contributed by atoms with van der Waals surface area (Å²) in [5.41, 5.74) is 19.4. The third kappa shape index (κ3) is 14.3. The van der Waals surface area contributed by atoms with E-state index in [9.17, 15) is 0 Å². The van der Waals surface area contributed by atoms with Gasteiger partial charge in [-0.2, -0.15) is 0 Å². The average molecular weight is 1090 g/mol. The fraction of sp³-hybridized carbons (Fsp3) is 0.544. The van der Waals surface area contributed by atoms with Crippen molar-refractivity contribution in [1.82, 2.24) is 0 Å². The van der Waals surface area contributed by atoms with Crippen LogP contribution in [0.4, 0.5) is 34.1 Å². The van der Waals surface area contributed by atoms with Crippen molar-refractivity contribution in [2.45, 2.75) is 272 Å². The molecule has 1 aliphatic rings. The first-order chi connectivity index (χ1) is 39.4. The normalized spacial score (nSPS) is 15.0. The second-order valence-corrected chi connectivity index (χ2v) is 25.6. The molecular weight excluding hydrogens is 977 g/mol. The highest BCUT2D eigenvalue weighted by Gasteiger charge is 2.44. The van der Waals surface area contributed by atoms with Crippen LogP contribution in [0.1, 0.15) is 289 Å². The predicted octanol–water partition coefficient (Wildman–Crippen LogP) is 25.8. The molecule has 81 heavy (non-hydrogen) atoms. The quantitative estimate of drug-likeness (QED) is 0.0366. The zero-order valence-electron chi connectivity index (χ0n) is 53.8. The molecule has 4 atom stereocenters. The lowest BCUT2D eigenvalue weighted by Gasteiger charge is -2.41. The summed E-state index contributed by atoms with van der Waals surface area (Å²) < 4.78 is 0. The van der Waals surface area contributed by atoms with E-state index in [2.05, 4.69) is 233 Å². The van der Waals surface area contributed by atoms with Crippen LogP contribution in [-0.4, -0.2) is 0 Å². The lowest BCUT2D eigenvalue weighted by atomic mass is 9.64. The highest BCUT2D eigenvalue weighted by Crippen LogP contribution is 2.57. The number of unbranched alkanes of at least 4 members (excludes halogenated alkanes) is 10. The molecule has 0 saturated carbocycles. The Labute approximate surface area is 497 Å². The summed E-state index contributed by atoms with van der Waals surface area (Å²) in [5, 5.41) is 0. The van der Waals surface area contributed by atoms with Gasteiger partial charge in [0.15, 0.2) is 0 Å². The van der Waals surface area contributed by atoms with Gasteiger partial charge in [-0.25, -0.2) is 0 Å². The Bertz CT molecular complexity index is 2760. The highest BCUT2D eigenvalue weighted by atomic mass is 15.1. The maximum absolute atomic E-state index is 2.68. The molecule has 0 aromatic heterocycles. The molecule has 0 heterocycles. The van der Waals surface area contributed by atoms with E-state index in [0.717, 1.165) is 32.1 Å². The fourth-order valence-electron chi connectivity index (χ4n) is 14.9. The molecule has 0 aliphatic heterocycles. The van der Waals surface area contributed by atoms with E-state index >= 15 is 0 Å². The first-order valence-corrected chi connectivity index (χ1v) is 33.7. The van der Waals surface area contributed by atoms with E-state index in [0.29, 0.717) is 17.8 Å². The minimum Gasteiger partial charge on any atom is -0.310 e. The Kier molecular flexibility index (Phi) is 23.9. The monoisotopic (exact) mass is 1090 g/mol. The topological polar surface area (TPSA) is 6.48 Å². The Morgan fingerprint density at radius 3 is 1.10 bits per heavy atom. The number of anilines is 6. The van der Waals surface area contributed by atoms with Gasteiger partial charge in [-0.1, -0.05) is 253 Å². The van der Waals surface area contributed by atoms with Gasteiger partial charge < -0.3 is 9.80 Å². The minimum atomic E-state index is -0.128. The van der Waals surface area contributed by atoms with Crippen LogP contribution in [0.2, 0.25) is 0 Å². The molecule has 6 aromatic carbocycles. The van der Waals surface area contributed by atoms with E-state index in [1.54, 1.807) is 0 Å². The van der Waals surface area contributed by atoms with Crippen LogP contribution in [0.5, 0.6) is 0 Å². The minimum absolute atomic E-state index is 0.128. The largest absolute Gasteiger partial charge is 0.310 e. The number of hydrogen-bond donors (Lipinski definition) is 0. The summed E-state index contributed by atoms with van der Waals surface area (Å²) in [6.07, 6.45) is 29.7. The zero-order chi connectivity index (χ0) is 58.0. The van der Waals surface area contributed by atoms with Gasteiger partial charge in [-0.05, 0) is 197 Å². The number of hydrogen-bond acceptors (Lipinski definition) is 2. The van der Waals surface area contributed by atoms with Crippen molar-refractivity contribution in [3.63, 3.8) is 0 Å². The molecule has 2 nitrogen and oxygen atoms in total. The van der Waals surface area contributed by atoms with Crippen LogP contribution in [0.15, 0.2) is 133 Å². The van der Waals surface area contributed by atoms with E-state index in [1.165, 1.54) is 201 Å². The van der Waals surface area contributed by atoms with Gasteiger partial charge in [0.05, 0.1) is 0 Å². The Morgan fingerprint density at radius 1 is 0.370 bits per heavy atom. The Morgan fingerprint density at radius 2 is 0.741 bits per heavy atom. The molecule has 0 radical (unpaired) electrons. The molecule has 0 saturated heterocycles. The fourth-order valence-corrected chi connectivity index (χ4v) is 14.9. The van der Waals surface area contributed by atoms with Crippen LogP contribution in [0.3, 0.4) is 0 Å². The number of fused-ring (bicyclic) bond motifs is 3. The summed E-state index contributed by atoms with van der Waals surface area (Å²) in [4.78, 5) is 5.18. The number of benzene rings is 6. The van der Waals surface area contributed by atoms with Crippen LogP contribution in [-0.2, 0) is 16.2 Å². The van der Waals surface area contributed by atoms with Crippen LogP contribution in [0, 0.1) is 5.92 Å².